The van der Waals surface area contributed by atoms with Gasteiger partial charge in [0, 0.05) is 29.1 Å². The molecule has 0 aliphatic heterocycles. The molecule has 0 unspecified atom stereocenters. The number of non-ortho nitro benzene ring substituents is 1. The third-order valence-electron chi connectivity index (χ3n) is 2.85. The first-order valence-corrected chi connectivity index (χ1v) is 7.81. The lowest BCUT2D eigenvalue weighted by Crippen LogP contribution is -2.25. The smallest absolute Gasteiger partial charge is 0.275 e. The summed E-state index contributed by atoms with van der Waals surface area (Å²) in [6.45, 7) is 7.52. The van der Waals surface area contributed by atoms with Gasteiger partial charge in [0.1, 0.15) is 5.75 Å². The number of nitro groups is 1. The van der Waals surface area contributed by atoms with Gasteiger partial charge in [-0.2, -0.15) is 11.8 Å². The molecule has 0 fully saturated rings. The van der Waals surface area contributed by atoms with E-state index < -0.39 is 4.92 Å². The molecule has 0 aliphatic carbocycles. The molecule has 6 heteroatoms. The van der Waals surface area contributed by atoms with Crippen LogP contribution in [0.15, 0.2) is 18.2 Å². The normalized spacial score (nSPS) is 11.2. The van der Waals surface area contributed by atoms with Crippen LogP contribution in [-0.2, 0) is 0 Å². The van der Waals surface area contributed by atoms with Gasteiger partial charge < -0.3 is 10.1 Å². The molecular formula is C14H22N2O3S. The predicted octanol–water partition coefficient (Wildman–Crippen LogP) is 3.94. The van der Waals surface area contributed by atoms with Crippen molar-refractivity contribution >= 4 is 23.1 Å². The third kappa shape index (κ3) is 5.28. The van der Waals surface area contributed by atoms with Crippen molar-refractivity contribution in [1.29, 1.82) is 0 Å². The number of nitro benzene ring substituents is 1. The van der Waals surface area contributed by atoms with Gasteiger partial charge >= 0.3 is 0 Å². The Hall–Kier alpha value is -1.43. The number of anilines is 1. The van der Waals surface area contributed by atoms with Crippen LogP contribution in [0, 0.1) is 10.1 Å². The Morgan fingerprint density at radius 3 is 2.65 bits per heavy atom. The van der Waals surface area contributed by atoms with E-state index in [2.05, 4.69) is 19.2 Å². The number of hydrogen-bond acceptors (Lipinski definition) is 5. The second kappa shape index (κ2) is 7.38. The average Bonchev–Trinajstić information content (AvgIpc) is 2.43. The molecule has 1 aromatic carbocycles. The summed E-state index contributed by atoms with van der Waals surface area (Å²) in [5, 5.41) is 14.2. The van der Waals surface area contributed by atoms with Gasteiger partial charge in [-0.25, -0.2) is 0 Å². The molecule has 0 amide bonds. The second-order valence-corrected chi connectivity index (χ2v) is 6.65. The van der Waals surface area contributed by atoms with Gasteiger partial charge in [0.25, 0.3) is 5.69 Å². The maximum absolute atomic E-state index is 11.0. The van der Waals surface area contributed by atoms with Crippen LogP contribution in [-0.4, -0.2) is 29.1 Å². The summed E-state index contributed by atoms with van der Waals surface area (Å²) in [6, 6.07) is 4.80. The van der Waals surface area contributed by atoms with Gasteiger partial charge in [-0.15, -0.1) is 0 Å². The molecule has 112 valence electrons. The van der Waals surface area contributed by atoms with E-state index in [0.717, 1.165) is 13.0 Å². The summed E-state index contributed by atoms with van der Waals surface area (Å²) in [7, 11) is 0. The van der Waals surface area contributed by atoms with Gasteiger partial charge in [-0.05, 0) is 26.5 Å². The van der Waals surface area contributed by atoms with Crippen LogP contribution in [0.2, 0.25) is 0 Å². The molecule has 0 aliphatic rings. The summed E-state index contributed by atoms with van der Waals surface area (Å²) < 4.78 is 5.56. The van der Waals surface area contributed by atoms with Gasteiger partial charge in [0.05, 0.1) is 17.6 Å². The Labute approximate surface area is 124 Å². The first-order valence-electron chi connectivity index (χ1n) is 6.59. The van der Waals surface area contributed by atoms with E-state index >= 15 is 0 Å². The first kappa shape index (κ1) is 16.6. The highest BCUT2D eigenvalue weighted by atomic mass is 32.2. The minimum atomic E-state index is -0.399. The number of nitrogens with zero attached hydrogens (tertiary/aromatic N) is 1. The number of nitrogens with one attached hydrogen (secondary N) is 1. The molecule has 0 saturated heterocycles. The Morgan fingerprint density at radius 2 is 2.10 bits per heavy atom. The molecule has 0 radical (unpaired) electrons. The van der Waals surface area contributed by atoms with Crippen molar-refractivity contribution in [3.05, 3.63) is 28.3 Å². The zero-order valence-corrected chi connectivity index (χ0v) is 13.3. The van der Waals surface area contributed by atoms with E-state index in [0.29, 0.717) is 18.0 Å². The molecular weight excluding hydrogens is 276 g/mol. The topological polar surface area (TPSA) is 64.4 Å². The summed E-state index contributed by atoms with van der Waals surface area (Å²) in [4.78, 5) is 10.6. The van der Waals surface area contributed by atoms with Crippen molar-refractivity contribution < 1.29 is 9.66 Å². The fourth-order valence-electron chi connectivity index (χ4n) is 1.48. The number of thioether (sulfide) groups is 1. The van der Waals surface area contributed by atoms with E-state index in [1.54, 1.807) is 17.8 Å². The minimum Gasteiger partial charge on any atom is -0.493 e. The molecule has 0 heterocycles. The standard InChI is InChI=1S/C14H22N2O3S/c1-5-6-19-13-8-11(7-12(9-13)16(17)18)15-10-14(2,3)20-4/h7-9,15H,5-6,10H2,1-4H3. The molecule has 1 aromatic rings. The molecule has 0 atom stereocenters. The van der Waals surface area contributed by atoms with Crippen LogP contribution in [0.1, 0.15) is 27.2 Å². The zero-order chi connectivity index (χ0) is 15.2. The minimum absolute atomic E-state index is 0.0445. The van der Waals surface area contributed by atoms with E-state index in [9.17, 15) is 10.1 Å². The highest BCUT2D eigenvalue weighted by Gasteiger charge is 2.17. The van der Waals surface area contributed by atoms with Crippen molar-refractivity contribution in [2.75, 3.05) is 24.7 Å². The maximum Gasteiger partial charge on any atom is 0.275 e. The molecule has 0 aromatic heterocycles. The Bertz CT molecular complexity index is 464. The van der Waals surface area contributed by atoms with Crippen LogP contribution in [0.3, 0.4) is 0 Å². The fraction of sp³-hybridized carbons (Fsp3) is 0.571. The second-order valence-electron chi connectivity index (χ2n) is 5.14. The number of hydrogen-bond donors (Lipinski definition) is 1. The van der Waals surface area contributed by atoms with E-state index in [-0.39, 0.29) is 10.4 Å². The number of rotatable bonds is 8. The highest BCUT2D eigenvalue weighted by molar-refractivity contribution is 7.99. The molecule has 20 heavy (non-hydrogen) atoms. The SMILES string of the molecule is CCCOc1cc(NCC(C)(C)SC)cc([N+](=O)[O-])c1. The Balaban J connectivity index is 2.88. The van der Waals surface area contributed by atoms with Crippen molar-refractivity contribution in [3.8, 4) is 5.75 Å². The van der Waals surface area contributed by atoms with Gasteiger partial charge in [-0.3, -0.25) is 10.1 Å². The van der Waals surface area contributed by atoms with Crippen molar-refractivity contribution in [1.82, 2.24) is 0 Å². The number of benzene rings is 1. The lowest BCUT2D eigenvalue weighted by atomic mass is 10.2. The van der Waals surface area contributed by atoms with Crippen molar-refractivity contribution in [2.24, 2.45) is 0 Å². The lowest BCUT2D eigenvalue weighted by Gasteiger charge is -2.23. The van der Waals surface area contributed by atoms with E-state index in [1.165, 1.54) is 12.1 Å². The summed E-state index contributed by atoms with van der Waals surface area (Å²) >= 11 is 1.75. The molecule has 1 N–H and O–H groups in total. The molecule has 0 saturated carbocycles. The highest BCUT2D eigenvalue weighted by Crippen LogP contribution is 2.28. The molecule has 0 spiro atoms. The van der Waals surface area contributed by atoms with E-state index in [4.69, 9.17) is 4.74 Å². The summed E-state index contributed by atoms with van der Waals surface area (Å²) in [5.74, 6) is 0.533. The van der Waals surface area contributed by atoms with Crippen LogP contribution >= 0.6 is 11.8 Å². The summed E-state index contributed by atoms with van der Waals surface area (Å²) in [6.07, 6.45) is 2.91. The molecule has 1 rings (SSSR count). The van der Waals surface area contributed by atoms with Gasteiger partial charge in [0.2, 0.25) is 0 Å². The maximum atomic E-state index is 11.0. The number of ether oxygens (including phenoxy) is 1. The van der Waals surface area contributed by atoms with Gasteiger partial charge in [0.15, 0.2) is 0 Å². The van der Waals surface area contributed by atoms with Crippen molar-refractivity contribution in [3.63, 3.8) is 0 Å². The average molecular weight is 298 g/mol. The first-order chi connectivity index (χ1) is 9.38. The zero-order valence-electron chi connectivity index (χ0n) is 12.4. The largest absolute Gasteiger partial charge is 0.493 e. The quantitative estimate of drug-likeness (QED) is 0.582. The lowest BCUT2D eigenvalue weighted by molar-refractivity contribution is -0.384. The fourth-order valence-corrected chi connectivity index (χ4v) is 1.70. The molecule has 5 nitrogen and oxygen atoms in total. The van der Waals surface area contributed by atoms with Crippen LogP contribution in [0.4, 0.5) is 11.4 Å². The predicted molar refractivity (Wildman–Crippen MR) is 85.0 cm³/mol. The molecule has 0 bridgehead atoms. The van der Waals surface area contributed by atoms with Crippen LogP contribution < -0.4 is 10.1 Å². The summed E-state index contributed by atoms with van der Waals surface area (Å²) in [5.41, 5.74) is 0.760. The third-order valence-corrected chi connectivity index (χ3v) is 4.10. The monoisotopic (exact) mass is 298 g/mol. The van der Waals surface area contributed by atoms with Crippen molar-refractivity contribution in [2.45, 2.75) is 31.9 Å². The van der Waals surface area contributed by atoms with Crippen LogP contribution in [0.25, 0.3) is 0 Å². The Kier molecular flexibility index (Phi) is 6.13. The van der Waals surface area contributed by atoms with E-state index in [1.807, 2.05) is 13.2 Å². The van der Waals surface area contributed by atoms with Gasteiger partial charge in [-0.1, -0.05) is 6.92 Å². The van der Waals surface area contributed by atoms with Crippen LogP contribution in [0.5, 0.6) is 5.75 Å². The Morgan fingerprint density at radius 1 is 1.40 bits per heavy atom.